The first-order chi connectivity index (χ1) is 4.41. The first-order valence-corrected chi connectivity index (χ1v) is 7.19. The Balaban J connectivity index is 0. The lowest BCUT2D eigenvalue weighted by molar-refractivity contribution is 0.283. The van der Waals surface area contributed by atoms with Crippen molar-refractivity contribution in [1.82, 2.24) is 0 Å². The van der Waals surface area contributed by atoms with Crippen molar-refractivity contribution < 1.29 is 5.11 Å². The molecule has 0 spiro atoms. The van der Waals surface area contributed by atoms with E-state index in [0.29, 0.717) is 6.61 Å². The van der Waals surface area contributed by atoms with Crippen LogP contribution >= 0.6 is 12.9 Å². The maximum Gasteiger partial charge on any atom is 1.52 e. The van der Waals surface area contributed by atoms with Crippen LogP contribution in [0.2, 0.25) is 0 Å². The average molecular weight is 206 g/mol. The van der Waals surface area contributed by atoms with Gasteiger partial charge in [0, 0.05) is 6.61 Å². The number of hydrogen-bond donors (Lipinski definition) is 1. The first kappa shape index (κ1) is 12.8. The number of aliphatic hydroxyl groups excluding tert-OH is 1. The SMILES string of the molecule is CCCCCCO.[Mg+2][Br]. The van der Waals surface area contributed by atoms with E-state index in [-0.39, 0.29) is 0 Å². The predicted octanol–water partition coefficient (Wildman–Crippen LogP) is 2.02. The predicted molar refractivity (Wildman–Crippen MR) is 45.9 cm³/mol. The molecule has 1 nitrogen and oxygen atoms in total. The van der Waals surface area contributed by atoms with Crippen LogP contribution in [0.4, 0.5) is 0 Å². The van der Waals surface area contributed by atoms with Gasteiger partial charge >= 0.3 is 32.4 Å². The molecule has 0 atom stereocenters. The lowest BCUT2D eigenvalue weighted by atomic mass is 10.2. The summed E-state index contributed by atoms with van der Waals surface area (Å²) in [6.45, 7) is 2.53. The quantitative estimate of drug-likeness (QED) is 0.551. The second-order valence-electron chi connectivity index (χ2n) is 1.78. The molecule has 1 N–H and O–H groups in total. The largest absolute Gasteiger partial charge is 1.52 e. The van der Waals surface area contributed by atoms with Crippen LogP contribution in [0.5, 0.6) is 0 Å². The van der Waals surface area contributed by atoms with E-state index in [9.17, 15) is 0 Å². The summed E-state index contributed by atoms with van der Waals surface area (Å²) in [5, 5.41) is 8.29. The van der Waals surface area contributed by atoms with E-state index in [1.165, 1.54) is 19.3 Å². The van der Waals surface area contributed by atoms with Crippen molar-refractivity contribution in [3.8, 4) is 0 Å². The summed E-state index contributed by atoms with van der Waals surface area (Å²) in [4.78, 5) is 0. The Morgan fingerprint density at radius 1 is 1.22 bits per heavy atom. The zero-order valence-electron chi connectivity index (χ0n) is 6.07. The molecule has 9 heavy (non-hydrogen) atoms. The number of halogens is 1. The summed E-state index contributed by atoms with van der Waals surface area (Å²) in [6, 6.07) is 0. The molecule has 0 aromatic rings. The summed E-state index contributed by atoms with van der Waals surface area (Å²) in [6.07, 6.45) is 4.68. The lowest BCUT2D eigenvalue weighted by Gasteiger charge is -1.90. The van der Waals surface area contributed by atoms with Gasteiger partial charge < -0.3 is 5.11 Å². The van der Waals surface area contributed by atoms with Crippen LogP contribution in [0.25, 0.3) is 0 Å². The highest BCUT2D eigenvalue weighted by atomic mass is 79.9. The fourth-order valence-corrected chi connectivity index (χ4v) is 0.539. The van der Waals surface area contributed by atoms with Crippen LogP contribution in [0.1, 0.15) is 32.6 Å². The molecule has 0 aliphatic heterocycles. The minimum atomic E-state index is 0.361. The van der Waals surface area contributed by atoms with Gasteiger partial charge in [-0.2, -0.15) is 0 Å². The number of hydrogen-bond acceptors (Lipinski definition) is 1. The second kappa shape index (κ2) is 16.1. The van der Waals surface area contributed by atoms with Crippen LogP contribution in [0.3, 0.4) is 0 Å². The maximum absolute atomic E-state index is 8.29. The molecule has 0 fully saturated rings. The Morgan fingerprint density at radius 3 is 2.11 bits per heavy atom. The molecule has 0 bridgehead atoms. The van der Waals surface area contributed by atoms with Gasteiger partial charge in [0.1, 0.15) is 0 Å². The molecule has 0 rings (SSSR count). The van der Waals surface area contributed by atoms with Crippen LogP contribution < -0.4 is 0 Å². The summed E-state index contributed by atoms with van der Waals surface area (Å²) in [7, 11) is 0. The van der Waals surface area contributed by atoms with Crippen molar-refractivity contribution in [2.24, 2.45) is 0 Å². The molecule has 0 saturated heterocycles. The van der Waals surface area contributed by atoms with Crippen LogP contribution in [0.15, 0.2) is 0 Å². The second-order valence-corrected chi connectivity index (χ2v) is 1.78. The van der Waals surface area contributed by atoms with Crippen molar-refractivity contribution in [1.29, 1.82) is 0 Å². The van der Waals surface area contributed by atoms with E-state index in [2.05, 4.69) is 19.8 Å². The maximum atomic E-state index is 8.29. The minimum Gasteiger partial charge on any atom is -0.396 e. The van der Waals surface area contributed by atoms with Crippen molar-refractivity contribution in [3.05, 3.63) is 0 Å². The molecular weight excluding hydrogens is 192 g/mol. The Hall–Kier alpha value is 1.21. The highest BCUT2D eigenvalue weighted by Crippen LogP contribution is 1.95. The van der Waals surface area contributed by atoms with Crippen molar-refractivity contribution >= 4 is 32.4 Å². The number of rotatable bonds is 4. The van der Waals surface area contributed by atoms with E-state index < -0.39 is 0 Å². The Morgan fingerprint density at radius 2 is 1.78 bits per heavy atom. The molecule has 0 aliphatic rings. The molecule has 0 heterocycles. The van der Waals surface area contributed by atoms with Crippen molar-refractivity contribution in [2.45, 2.75) is 32.6 Å². The highest BCUT2D eigenvalue weighted by molar-refractivity contribution is 9.22. The fraction of sp³-hybridized carbons (Fsp3) is 1.00. The van der Waals surface area contributed by atoms with Gasteiger partial charge in [-0.25, -0.2) is 0 Å². The van der Waals surface area contributed by atoms with E-state index in [1.807, 2.05) is 0 Å². The molecule has 7 radical (unpaired) electrons. The molecule has 0 aromatic carbocycles. The monoisotopic (exact) mass is 205 g/mol. The minimum absolute atomic E-state index is 0.361. The van der Waals surface area contributed by atoms with Gasteiger partial charge in [-0.05, 0) is 6.42 Å². The number of unbranched alkanes of at least 4 members (excludes halogenated alkanes) is 3. The van der Waals surface area contributed by atoms with Gasteiger partial charge in [0.25, 0.3) is 0 Å². The van der Waals surface area contributed by atoms with Gasteiger partial charge in [0.2, 0.25) is 0 Å². The van der Waals surface area contributed by atoms with Crippen LogP contribution in [0, 0.1) is 0 Å². The van der Waals surface area contributed by atoms with Crippen LogP contribution in [-0.2, 0) is 0 Å². The van der Waals surface area contributed by atoms with Gasteiger partial charge in [-0.3, -0.25) is 0 Å². The van der Waals surface area contributed by atoms with Gasteiger partial charge in [0.05, 0.1) is 0 Å². The zero-order valence-corrected chi connectivity index (χ0v) is 9.07. The molecule has 0 unspecified atom stereocenters. The summed E-state index contributed by atoms with van der Waals surface area (Å²) in [5.41, 5.74) is 0. The van der Waals surface area contributed by atoms with E-state index in [4.69, 9.17) is 5.11 Å². The smallest absolute Gasteiger partial charge is 0.396 e. The molecule has 3 heteroatoms. The van der Waals surface area contributed by atoms with E-state index in [0.717, 1.165) is 6.42 Å². The van der Waals surface area contributed by atoms with Gasteiger partial charge in [-0.1, -0.05) is 26.2 Å². The molecule has 0 aromatic heterocycles. The fourth-order valence-electron chi connectivity index (χ4n) is 0.539. The third kappa shape index (κ3) is 17.6. The Kier molecular flexibility index (Phi) is 23.0. The standard InChI is InChI=1S/C6H14O.BrH.Mg/c1-2-3-4-5-6-7;;/h7H,2-6H2,1H3;1H;/q;;+3/p-1. The average Bonchev–Trinajstić information content (AvgIpc) is 1.94. The zero-order chi connectivity index (χ0) is 7.54. The lowest BCUT2D eigenvalue weighted by Crippen LogP contribution is -1.80. The Labute approximate surface area is 76.5 Å². The van der Waals surface area contributed by atoms with Crippen LogP contribution in [-0.4, -0.2) is 31.3 Å². The number of aliphatic hydroxyl groups is 1. The normalized spacial score (nSPS) is 8.00. The first-order valence-electron chi connectivity index (χ1n) is 3.29. The summed E-state index contributed by atoms with van der Waals surface area (Å²) >= 11 is 4.64. The molecular formula is C6H14BrMgO+2. The third-order valence-corrected chi connectivity index (χ3v) is 1.01. The molecule has 0 amide bonds. The van der Waals surface area contributed by atoms with Gasteiger partial charge in [0.15, 0.2) is 0 Å². The third-order valence-electron chi connectivity index (χ3n) is 1.01. The molecule has 51 valence electrons. The van der Waals surface area contributed by atoms with E-state index in [1.54, 1.807) is 19.5 Å². The van der Waals surface area contributed by atoms with Crippen molar-refractivity contribution in [2.75, 3.05) is 6.61 Å². The van der Waals surface area contributed by atoms with Gasteiger partial charge in [-0.15, -0.1) is 0 Å². The molecule has 0 saturated carbocycles. The van der Waals surface area contributed by atoms with Crippen molar-refractivity contribution in [3.63, 3.8) is 0 Å². The van der Waals surface area contributed by atoms with E-state index >= 15 is 0 Å². The highest BCUT2D eigenvalue weighted by Gasteiger charge is 2.13. The Bertz CT molecular complexity index is 32.2. The summed E-state index contributed by atoms with van der Waals surface area (Å²) in [5.74, 6) is 0. The topological polar surface area (TPSA) is 20.2 Å². The summed E-state index contributed by atoms with van der Waals surface area (Å²) < 4.78 is 0. The molecule has 0 aliphatic carbocycles.